The predicted octanol–water partition coefficient (Wildman–Crippen LogP) is 3.31. The van der Waals surface area contributed by atoms with Gasteiger partial charge in [-0.15, -0.1) is 0 Å². The van der Waals surface area contributed by atoms with Crippen LogP contribution in [0.5, 0.6) is 11.5 Å². The number of para-hydroxylation sites is 1. The lowest BCUT2D eigenvalue weighted by molar-refractivity contribution is -0.123. The number of aromatic nitrogens is 2. The first kappa shape index (κ1) is 18.4. The first-order valence-corrected chi connectivity index (χ1v) is 8.52. The quantitative estimate of drug-likeness (QED) is 0.689. The van der Waals surface area contributed by atoms with Gasteiger partial charge in [-0.25, -0.2) is 0 Å². The lowest BCUT2D eigenvalue weighted by atomic mass is 10.1. The topological polar surface area (TPSA) is 86.5 Å². The zero-order chi connectivity index (χ0) is 19.2. The Morgan fingerprint density at radius 3 is 2.78 bits per heavy atom. The van der Waals surface area contributed by atoms with Crippen molar-refractivity contribution in [1.82, 2.24) is 15.5 Å². The smallest absolute Gasteiger partial charge is 0.258 e. The van der Waals surface area contributed by atoms with Gasteiger partial charge >= 0.3 is 0 Å². The van der Waals surface area contributed by atoms with Crippen LogP contribution in [0.1, 0.15) is 24.4 Å². The Balaban J connectivity index is 1.59. The van der Waals surface area contributed by atoms with E-state index in [9.17, 15) is 4.79 Å². The summed E-state index contributed by atoms with van der Waals surface area (Å²) in [4.78, 5) is 16.4. The molecular formula is C20H21N3O4. The number of hydrogen-bond acceptors (Lipinski definition) is 6. The van der Waals surface area contributed by atoms with E-state index in [1.165, 1.54) is 0 Å². The third kappa shape index (κ3) is 4.63. The highest BCUT2D eigenvalue weighted by atomic mass is 16.5. The summed E-state index contributed by atoms with van der Waals surface area (Å²) in [7, 11) is 1.61. The molecule has 27 heavy (non-hydrogen) atoms. The molecule has 0 aliphatic heterocycles. The Bertz CT molecular complexity index is 923. The highest BCUT2D eigenvalue weighted by Gasteiger charge is 2.14. The summed E-state index contributed by atoms with van der Waals surface area (Å²) in [5.41, 5.74) is 1.66. The normalized spacial score (nSPS) is 11.7. The van der Waals surface area contributed by atoms with Gasteiger partial charge in [-0.3, -0.25) is 4.79 Å². The summed E-state index contributed by atoms with van der Waals surface area (Å²) in [6.45, 7) is 3.52. The van der Waals surface area contributed by atoms with E-state index in [-0.39, 0.29) is 18.6 Å². The van der Waals surface area contributed by atoms with Crippen molar-refractivity contribution >= 4 is 5.91 Å². The molecule has 0 saturated heterocycles. The molecule has 3 aromatic rings. The maximum absolute atomic E-state index is 12.2. The molecule has 0 radical (unpaired) electrons. The van der Waals surface area contributed by atoms with E-state index in [4.69, 9.17) is 14.0 Å². The van der Waals surface area contributed by atoms with Crippen LogP contribution < -0.4 is 14.8 Å². The molecule has 2 aromatic carbocycles. The first-order valence-electron chi connectivity index (χ1n) is 8.52. The molecule has 7 heteroatoms. The second-order valence-electron chi connectivity index (χ2n) is 5.98. The molecule has 7 nitrogen and oxygen atoms in total. The van der Waals surface area contributed by atoms with Gasteiger partial charge < -0.3 is 19.3 Å². The van der Waals surface area contributed by atoms with E-state index >= 15 is 0 Å². The van der Waals surface area contributed by atoms with Crippen molar-refractivity contribution in [2.45, 2.75) is 19.9 Å². The monoisotopic (exact) mass is 367 g/mol. The number of ether oxygens (including phenoxy) is 2. The minimum atomic E-state index is -0.228. The van der Waals surface area contributed by atoms with Crippen LogP contribution in [0.25, 0.3) is 11.4 Å². The van der Waals surface area contributed by atoms with Crippen LogP contribution in [0.4, 0.5) is 0 Å². The Morgan fingerprint density at radius 2 is 2.04 bits per heavy atom. The number of carbonyl (C=O) groups excluding carboxylic acids is 1. The molecule has 1 amide bonds. The Morgan fingerprint density at radius 1 is 1.22 bits per heavy atom. The fraction of sp³-hybridized carbons (Fsp3) is 0.250. The van der Waals surface area contributed by atoms with Gasteiger partial charge in [0, 0.05) is 18.1 Å². The van der Waals surface area contributed by atoms with E-state index in [2.05, 4.69) is 15.5 Å². The lowest BCUT2D eigenvalue weighted by Crippen LogP contribution is -2.31. The van der Waals surface area contributed by atoms with E-state index in [0.29, 0.717) is 17.5 Å². The van der Waals surface area contributed by atoms with Gasteiger partial charge in [-0.05, 0) is 25.1 Å². The number of hydrogen-bond donors (Lipinski definition) is 1. The summed E-state index contributed by atoms with van der Waals surface area (Å²) in [6, 6.07) is 14.6. The summed E-state index contributed by atoms with van der Waals surface area (Å²) in [6.07, 6.45) is 0. The fourth-order valence-electron chi connectivity index (χ4n) is 2.68. The summed E-state index contributed by atoms with van der Waals surface area (Å²) in [5.74, 6) is 2.02. The largest absolute Gasteiger partial charge is 0.496 e. The molecule has 0 saturated carbocycles. The van der Waals surface area contributed by atoms with Gasteiger partial charge in [0.05, 0.1) is 13.2 Å². The highest BCUT2D eigenvalue weighted by Crippen LogP contribution is 2.24. The molecule has 0 aliphatic rings. The number of nitrogens with one attached hydrogen (secondary N) is 1. The summed E-state index contributed by atoms with van der Waals surface area (Å²) >= 11 is 0. The van der Waals surface area contributed by atoms with Crippen molar-refractivity contribution in [2.24, 2.45) is 0 Å². The van der Waals surface area contributed by atoms with E-state index in [0.717, 1.165) is 16.9 Å². The van der Waals surface area contributed by atoms with Crippen LogP contribution >= 0.6 is 0 Å². The maximum Gasteiger partial charge on any atom is 0.258 e. The molecule has 1 N–H and O–H groups in total. The molecule has 0 spiro atoms. The van der Waals surface area contributed by atoms with Gasteiger partial charge in [-0.1, -0.05) is 35.5 Å². The second kappa shape index (κ2) is 8.35. The number of carbonyl (C=O) groups is 1. The molecule has 0 aliphatic carbocycles. The van der Waals surface area contributed by atoms with Crippen LogP contribution in [0.3, 0.4) is 0 Å². The van der Waals surface area contributed by atoms with E-state index in [1.54, 1.807) is 26.2 Å². The molecule has 0 bridgehead atoms. The third-order valence-corrected chi connectivity index (χ3v) is 3.97. The van der Waals surface area contributed by atoms with Crippen LogP contribution in [0.2, 0.25) is 0 Å². The van der Waals surface area contributed by atoms with Gasteiger partial charge in [-0.2, -0.15) is 4.98 Å². The van der Waals surface area contributed by atoms with Crippen LogP contribution in [0.15, 0.2) is 53.1 Å². The molecule has 1 aromatic heterocycles. The van der Waals surface area contributed by atoms with Crippen LogP contribution in [0, 0.1) is 6.92 Å². The molecule has 1 unspecified atom stereocenters. The minimum absolute atomic E-state index is 0.103. The number of benzene rings is 2. The maximum atomic E-state index is 12.2. The van der Waals surface area contributed by atoms with Crippen molar-refractivity contribution < 1.29 is 18.8 Å². The molecule has 140 valence electrons. The highest BCUT2D eigenvalue weighted by molar-refractivity contribution is 5.78. The van der Waals surface area contributed by atoms with Crippen LogP contribution in [-0.4, -0.2) is 29.8 Å². The zero-order valence-corrected chi connectivity index (χ0v) is 15.4. The van der Waals surface area contributed by atoms with Crippen molar-refractivity contribution in [2.75, 3.05) is 13.7 Å². The number of nitrogens with zero attached hydrogens (tertiary/aromatic N) is 2. The third-order valence-electron chi connectivity index (χ3n) is 3.97. The zero-order valence-electron chi connectivity index (χ0n) is 15.4. The number of aryl methyl sites for hydroxylation is 1. The Hall–Kier alpha value is -3.35. The van der Waals surface area contributed by atoms with Gasteiger partial charge in [0.15, 0.2) is 6.61 Å². The SMILES string of the molecule is COc1ccccc1C(C)NC(=O)COc1cccc(-c2noc(C)n2)c1. The van der Waals surface area contributed by atoms with Crippen molar-refractivity contribution in [1.29, 1.82) is 0 Å². The number of rotatable bonds is 7. The second-order valence-corrected chi connectivity index (χ2v) is 5.98. The van der Waals surface area contributed by atoms with Crippen LogP contribution in [-0.2, 0) is 4.79 Å². The van der Waals surface area contributed by atoms with Gasteiger partial charge in [0.1, 0.15) is 11.5 Å². The minimum Gasteiger partial charge on any atom is -0.496 e. The van der Waals surface area contributed by atoms with Gasteiger partial charge in [0.25, 0.3) is 5.91 Å². The molecule has 1 heterocycles. The molecular weight excluding hydrogens is 346 g/mol. The average molecular weight is 367 g/mol. The molecule has 3 rings (SSSR count). The lowest BCUT2D eigenvalue weighted by Gasteiger charge is -2.17. The van der Waals surface area contributed by atoms with Crippen molar-refractivity contribution in [3.05, 3.63) is 60.0 Å². The Labute approximate surface area is 157 Å². The first-order chi connectivity index (χ1) is 13.1. The van der Waals surface area contributed by atoms with Crippen molar-refractivity contribution in [3.63, 3.8) is 0 Å². The van der Waals surface area contributed by atoms with E-state index in [1.807, 2.05) is 43.3 Å². The van der Waals surface area contributed by atoms with Gasteiger partial charge in [0.2, 0.25) is 11.7 Å². The molecule has 0 fully saturated rings. The predicted molar refractivity (Wildman–Crippen MR) is 99.5 cm³/mol. The van der Waals surface area contributed by atoms with Crippen molar-refractivity contribution in [3.8, 4) is 22.9 Å². The average Bonchev–Trinajstić information content (AvgIpc) is 3.13. The fourth-order valence-corrected chi connectivity index (χ4v) is 2.68. The number of methoxy groups -OCH3 is 1. The Kier molecular flexibility index (Phi) is 5.71. The van der Waals surface area contributed by atoms with E-state index < -0.39 is 0 Å². The summed E-state index contributed by atoms with van der Waals surface area (Å²) < 4.78 is 15.9. The summed E-state index contributed by atoms with van der Waals surface area (Å²) in [5, 5.41) is 6.79. The number of amides is 1. The molecule has 1 atom stereocenters. The standard InChI is InChI=1S/C20H21N3O4/c1-13(17-9-4-5-10-18(17)25-3)21-19(24)12-26-16-8-6-7-15(11-16)20-22-14(2)27-23-20/h4-11,13H,12H2,1-3H3,(H,21,24).